The lowest BCUT2D eigenvalue weighted by Gasteiger charge is -2.34. The first-order valence-electron chi connectivity index (χ1n) is 5.93. The highest BCUT2D eigenvalue weighted by atomic mass is 32.2. The molecule has 2 unspecified atom stereocenters. The number of piperidine rings is 1. The van der Waals surface area contributed by atoms with Gasteiger partial charge in [-0.15, -0.1) is 0 Å². The fourth-order valence-electron chi connectivity index (χ4n) is 1.97. The van der Waals surface area contributed by atoms with Crippen LogP contribution in [0.1, 0.15) is 19.8 Å². The Labute approximate surface area is 103 Å². The van der Waals surface area contributed by atoms with Crippen molar-refractivity contribution >= 4 is 10.2 Å². The predicted octanol–water partition coefficient (Wildman–Crippen LogP) is -0.440. The Kier molecular flexibility index (Phi) is 5.81. The summed E-state index contributed by atoms with van der Waals surface area (Å²) in [6, 6.07) is 0. The molecule has 1 heterocycles. The van der Waals surface area contributed by atoms with Crippen molar-refractivity contribution < 1.29 is 18.3 Å². The quantitative estimate of drug-likeness (QED) is 0.639. The Morgan fingerprint density at radius 3 is 2.82 bits per heavy atom. The van der Waals surface area contributed by atoms with Gasteiger partial charge in [0.05, 0.1) is 12.7 Å². The highest BCUT2D eigenvalue weighted by Crippen LogP contribution is 2.21. The van der Waals surface area contributed by atoms with E-state index in [1.54, 1.807) is 0 Å². The lowest BCUT2D eigenvalue weighted by molar-refractivity contribution is 0.0516. The summed E-state index contributed by atoms with van der Waals surface area (Å²) in [5.41, 5.74) is 0. The van der Waals surface area contributed by atoms with E-state index in [1.807, 2.05) is 6.92 Å². The summed E-state index contributed by atoms with van der Waals surface area (Å²) in [4.78, 5) is 0. The molecule has 0 aromatic heterocycles. The number of aliphatic hydroxyl groups is 1. The molecule has 0 spiro atoms. The SMILES string of the molecule is CCC1CN(S(=O)(=O)NCCOC)CCC1O. The van der Waals surface area contributed by atoms with E-state index in [4.69, 9.17) is 4.74 Å². The second kappa shape index (κ2) is 6.65. The van der Waals surface area contributed by atoms with Crippen LogP contribution in [0.25, 0.3) is 0 Å². The molecule has 1 saturated heterocycles. The van der Waals surface area contributed by atoms with Crippen LogP contribution in [0.5, 0.6) is 0 Å². The van der Waals surface area contributed by atoms with Crippen molar-refractivity contribution in [3.63, 3.8) is 0 Å². The van der Waals surface area contributed by atoms with Crippen LogP contribution in [0.4, 0.5) is 0 Å². The van der Waals surface area contributed by atoms with Gasteiger partial charge < -0.3 is 9.84 Å². The van der Waals surface area contributed by atoms with Gasteiger partial charge in [-0.2, -0.15) is 17.4 Å². The van der Waals surface area contributed by atoms with Crippen molar-refractivity contribution in [2.24, 2.45) is 5.92 Å². The Morgan fingerprint density at radius 2 is 2.24 bits per heavy atom. The maximum absolute atomic E-state index is 11.9. The molecule has 1 rings (SSSR count). The van der Waals surface area contributed by atoms with Crippen molar-refractivity contribution in [2.75, 3.05) is 33.4 Å². The number of ether oxygens (including phenoxy) is 1. The van der Waals surface area contributed by atoms with Gasteiger partial charge in [0.2, 0.25) is 0 Å². The number of rotatable bonds is 6. The molecule has 0 saturated carbocycles. The summed E-state index contributed by atoms with van der Waals surface area (Å²) < 4.78 is 32.5. The van der Waals surface area contributed by atoms with Crippen LogP contribution in [0.3, 0.4) is 0 Å². The van der Waals surface area contributed by atoms with E-state index in [0.717, 1.165) is 6.42 Å². The van der Waals surface area contributed by atoms with Gasteiger partial charge in [0.15, 0.2) is 0 Å². The molecule has 2 N–H and O–H groups in total. The molecule has 1 aliphatic heterocycles. The molecule has 1 fully saturated rings. The monoisotopic (exact) mass is 266 g/mol. The third kappa shape index (κ3) is 4.18. The summed E-state index contributed by atoms with van der Waals surface area (Å²) in [7, 11) is -1.90. The van der Waals surface area contributed by atoms with Crippen molar-refractivity contribution in [3.8, 4) is 0 Å². The molecule has 1 aliphatic rings. The van der Waals surface area contributed by atoms with Gasteiger partial charge in [0, 0.05) is 26.7 Å². The highest BCUT2D eigenvalue weighted by molar-refractivity contribution is 7.87. The van der Waals surface area contributed by atoms with E-state index in [9.17, 15) is 13.5 Å². The molecular weight excluding hydrogens is 244 g/mol. The lowest BCUT2D eigenvalue weighted by atomic mass is 9.94. The van der Waals surface area contributed by atoms with Crippen LogP contribution in [-0.4, -0.2) is 57.3 Å². The Bertz CT molecular complexity index is 320. The van der Waals surface area contributed by atoms with Gasteiger partial charge in [-0.1, -0.05) is 6.92 Å². The van der Waals surface area contributed by atoms with E-state index in [0.29, 0.717) is 26.1 Å². The number of aliphatic hydroxyl groups excluding tert-OH is 1. The molecule has 7 heteroatoms. The zero-order valence-corrected chi connectivity index (χ0v) is 11.2. The Balaban J connectivity index is 2.54. The molecule has 102 valence electrons. The van der Waals surface area contributed by atoms with Gasteiger partial charge >= 0.3 is 0 Å². The molecule has 17 heavy (non-hydrogen) atoms. The summed E-state index contributed by atoms with van der Waals surface area (Å²) >= 11 is 0. The molecular formula is C10H22N2O4S. The molecule has 0 amide bonds. The van der Waals surface area contributed by atoms with Crippen LogP contribution in [0.15, 0.2) is 0 Å². The molecule has 0 aromatic carbocycles. The molecule has 0 radical (unpaired) electrons. The summed E-state index contributed by atoms with van der Waals surface area (Å²) in [6.07, 6.45) is 0.903. The average Bonchev–Trinajstić information content (AvgIpc) is 2.29. The first kappa shape index (κ1) is 14.8. The standard InChI is InChI=1S/C10H22N2O4S/c1-3-9-8-12(6-4-10(9)13)17(14,15)11-5-7-16-2/h9-11,13H,3-8H2,1-2H3. The number of methoxy groups -OCH3 is 1. The van der Waals surface area contributed by atoms with Gasteiger partial charge in [-0.05, 0) is 18.8 Å². The van der Waals surface area contributed by atoms with Crippen molar-refractivity contribution in [1.29, 1.82) is 0 Å². The first-order valence-corrected chi connectivity index (χ1v) is 7.37. The van der Waals surface area contributed by atoms with E-state index < -0.39 is 10.2 Å². The van der Waals surface area contributed by atoms with Crippen molar-refractivity contribution in [2.45, 2.75) is 25.9 Å². The maximum atomic E-state index is 11.9. The Morgan fingerprint density at radius 1 is 1.53 bits per heavy atom. The fourth-order valence-corrected chi connectivity index (χ4v) is 3.23. The summed E-state index contributed by atoms with van der Waals surface area (Å²) in [6.45, 7) is 3.35. The largest absolute Gasteiger partial charge is 0.393 e. The van der Waals surface area contributed by atoms with Gasteiger partial charge in [0.1, 0.15) is 0 Å². The summed E-state index contributed by atoms with van der Waals surface area (Å²) in [5.74, 6) is 0.0303. The van der Waals surface area contributed by atoms with Crippen molar-refractivity contribution in [1.82, 2.24) is 9.03 Å². The smallest absolute Gasteiger partial charge is 0.279 e. The molecule has 0 bridgehead atoms. The number of nitrogens with zero attached hydrogens (tertiary/aromatic N) is 1. The third-order valence-corrected chi connectivity index (χ3v) is 4.69. The van der Waals surface area contributed by atoms with Crippen LogP contribution >= 0.6 is 0 Å². The van der Waals surface area contributed by atoms with Gasteiger partial charge in [0.25, 0.3) is 10.2 Å². The average molecular weight is 266 g/mol. The fraction of sp³-hybridized carbons (Fsp3) is 1.00. The topological polar surface area (TPSA) is 78.9 Å². The molecule has 0 aliphatic carbocycles. The van der Waals surface area contributed by atoms with Crippen LogP contribution in [0, 0.1) is 5.92 Å². The minimum absolute atomic E-state index is 0.0303. The molecule has 2 atom stereocenters. The van der Waals surface area contributed by atoms with E-state index in [1.165, 1.54) is 11.4 Å². The molecule has 6 nitrogen and oxygen atoms in total. The number of hydrogen-bond acceptors (Lipinski definition) is 4. The third-order valence-electron chi connectivity index (χ3n) is 3.11. The minimum atomic E-state index is -3.43. The maximum Gasteiger partial charge on any atom is 0.279 e. The van der Waals surface area contributed by atoms with Crippen molar-refractivity contribution in [3.05, 3.63) is 0 Å². The number of nitrogens with one attached hydrogen (secondary N) is 1. The Hall–Kier alpha value is -0.210. The zero-order chi connectivity index (χ0) is 12.9. The van der Waals surface area contributed by atoms with E-state index in [2.05, 4.69) is 4.72 Å². The lowest BCUT2D eigenvalue weighted by Crippen LogP contribution is -2.50. The second-order valence-corrected chi connectivity index (χ2v) is 6.03. The molecule has 0 aromatic rings. The van der Waals surface area contributed by atoms with Crippen LogP contribution < -0.4 is 4.72 Å². The first-order chi connectivity index (χ1) is 8.01. The van der Waals surface area contributed by atoms with E-state index >= 15 is 0 Å². The predicted molar refractivity (Wildman–Crippen MR) is 64.8 cm³/mol. The second-order valence-electron chi connectivity index (χ2n) is 4.27. The van der Waals surface area contributed by atoms with Crippen LogP contribution in [-0.2, 0) is 14.9 Å². The van der Waals surface area contributed by atoms with Crippen LogP contribution in [0.2, 0.25) is 0 Å². The minimum Gasteiger partial charge on any atom is -0.393 e. The zero-order valence-electron chi connectivity index (χ0n) is 10.4. The number of hydrogen-bond donors (Lipinski definition) is 2. The van der Waals surface area contributed by atoms with Gasteiger partial charge in [-0.25, -0.2) is 0 Å². The highest BCUT2D eigenvalue weighted by Gasteiger charge is 2.32. The summed E-state index contributed by atoms with van der Waals surface area (Å²) in [5, 5.41) is 9.70. The normalized spacial score (nSPS) is 27.2. The van der Waals surface area contributed by atoms with E-state index in [-0.39, 0.29) is 18.6 Å². The van der Waals surface area contributed by atoms with Gasteiger partial charge in [-0.3, -0.25) is 0 Å².